The van der Waals surface area contributed by atoms with Gasteiger partial charge >= 0.3 is 12.4 Å². The van der Waals surface area contributed by atoms with Crippen LogP contribution in [0.3, 0.4) is 0 Å². The van der Waals surface area contributed by atoms with E-state index < -0.39 is 45.6 Å². The van der Waals surface area contributed by atoms with E-state index in [4.69, 9.17) is 16.3 Å². The molecule has 0 radical (unpaired) electrons. The largest absolute Gasteiger partial charge is 0.496 e. The van der Waals surface area contributed by atoms with Crippen LogP contribution in [0.5, 0.6) is 5.75 Å². The van der Waals surface area contributed by atoms with Crippen LogP contribution in [0.1, 0.15) is 36.5 Å². The van der Waals surface area contributed by atoms with Gasteiger partial charge < -0.3 is 10.1 Å². The van der Waals surface area contributed by atoms with Gasteiger partial charge in [0.25, 0.3) is 0 Å². The number of carbonyl (C=O) groups is 1. The number of nitrogens with one attached hydrogen (secondary N) is 1. The van der Waals surface area contributed by atoms with Crippen molar-refractivity contribution in [3.8, 4) is 5.75 Å². The van der Waals surface area contributed by atoms with Crippen molar-refractivity contribution in [2.24, 2.45) is 10.5 Å². The fourth-order valence-electron chi connectivity index (χ4n) is 4.34. The Hall–Kier alpha value is -2.60. The summed E-state index contributed by atoms with van der Waals surface area (Å²) in [6.07, 6.45) is -5.76. The van der Waals surface area contributed by atoms with Crippen molar-refractivity contribution < 1.29 is 35.9 Å². The van der Waals surface area contributed by atoms with E-state index in [1.807, 2.05) is 13.2 Å². The molecule has 1 unspecified atom stereocenters. The Kier molecular flexibility index (Phi) is 9.18. The average molecular weight is 582 g/mol. The third kappa shape index (κ3) is 7.07. The highest BCUT2D eigenvalue weighted by Gasteiger charge is 2.40. The van der Waals surface area contributed by atoms with Gasteiger partial charge in [0, 0.05) is 23.7 Å². The smallest absolute Gasteiger partial charge is 0.419 e. The van der Waals surface area contributed by atoms with Gasteiger partial charge in [0.2, 0.25) is 5.91 Å². The first-order valence-electron chi connectivity index (χ1n) is 11.4. The molecule has 1 N–H and O–H groups in total. The van der Waals surface area contributed by atoms with Gasteiger partial charge in [-0.1, -0.05) is 24.6 Å². The van der Waals surface area contributed by atoms with Crippen molar-refractivity contribution in [3.63, 3.8) is 0 Å². The topological polar surface area (TPSA) is 53.9 Å². The van der Waals surface area contributed by atoms with E-state index in [2.05, 4.69) is 10.4 Å². The molecule has 0 saturated heterocycles. The first-order chi connectivity index (χ1) is 17.7. The molecule has 1 aliphatic heterocycles. The summed E-state index contributed by atoms with van der Waals surface area (Å²) in [6, 6.07) is 6.48. The number of halogens is 7. The summed E-state index contributed by atoms with van der Waals surface area (Å²) in [4.78, 5) is 12.7. The fraction of sp³-hybridized carbons (Fsp3) is 0.440. The highest BCUT2D eigenvalue weighted by atomic mass is 35.5. The first-order valence-corrected chi connectivity index (χ1v) is 13.2. The summed E-state index contributed by atoms with van der Waals surface area (Å²) in [5, 5.41) is 8.15. The van der Waals surface area contributed by atoms with Gasteiger partial charge in [-0.25, -0.2) is 0 Å². The molecule has 0 fully saturated rings. The lowest BCUT2D eigenvalue weighted by atomic mass is 9.78. The number of alkyl halides is 6. The van der Waals surface area contributed by atoms with Crippen molar-refractivity contribution in [1.29, 1.82) is 0 Å². The summed E-state index contributed by atoms with van der Waals surface area (Å²) in [7, 11) is 1.10. The van der Waals surface area contributed by atoms with Crippen LogP contribution in [0.4, 0.5) is 32.0 Å². The standard InChI is InChI=1S/C25H26ClF6N3O2S/c1-23(9-4-10-38-3)14-35(34-22(23)15-5-7-17(19(26)11-15)24(27,28)29)13-21(36)33-16-6-8-18(25(30,31)32)20(12-16)37-2/h5-8,11-12H,4,9-10,13-14H2,1-3H3,(H,33,36). The van der Waals surface area contributed by atoms with Crippen LogP contribution < -0.4 is 10.1 Å². The first kappa shape index (κ1) is 29.9. The van der Waals surface area contributed by atoms with Gasteiger partial charge in [-0.2, -0.15) is 43.2 Å². The van der Waals surface area contributed by atoms with Gasteiger partial charge in [0.05, 0.1) is 29.0 Å². The highest BCUT2D eigenvalue weighted by Crippen LogP contribution is 2.40. The van der Waals surface area contributed by atoms with Crippen molar-refractivity contribution in [3.05, 3.63) is 58.1 Å². The Balaban J connectivity index is 1.83. The molecule has 2 aromatic carbocycles. The molecule has 0 aromatic heterocycles. The van der Waals surface area contributed by atoms with Crippen LogP contribution in [-0.2, 0) is 17.1 Å². The molecule has 0 bridgehead atoms. The van der Waals surface area contributed by atoms with E-state index in [1.165, 1.54) is 17.1 Å². The second kappa shape index (κ2) is 11.6. The Bertz CT molecular complexity index is 1200. The highest BCUT2D eigenvalue weighted by molar-refractivity contribution is 7.98. The number of anilines is 1. The second-order valence-corrected chi connectivity index (χ2v) is 10.5. The average Bonchev–Trinajstić information content (AvgIpc) is 3.13. The fourth-order valence-corrected chi connectivity index (χ4v) is 5.06. The Morgan fingerprint density at radius 3 is 2.37 bits per heavy atom. The maximum atomic E-state index is 13.2. The molecule has 3 rings (SSSR count). The van der Waals surface area contributed by atoms with E-state index in [1.54, 1.807) is 11.8 Å². The number of thioether (sulfide) groups is 1. The minimum Gasteiger partial charge on any atom is -0.496 e. The van der Waals surface area contributed by atoms with Crippen LogP contribution in [0.2, 0.25) is 5.02 Å². The van der Waals surface area contributed by atoms with Crippen molar-refractivity contribution in [2.45, 2.75) is 32.1 Å². The molecular formula is C25H26ClF6N3O2S. The van der Waals surface area contributed by atoms with Crippen LogP contribution >= 0.6 is 23.4 Å². The molecule has 1 aliphatic rings. The molecule has 1 heterocycles. The van der Waals surface area contributed by atoms with Gasteiger partial charge in [-0.15, -0.1) is 0 Å². The molecule has 0 saturated carbocycles. The summed E-state index contributed by atoms with van der Waals surface area (Å²) in [5.41, 5.74) is -1.45. The minimum atomic E-state index is -4.61. The van der Waals surface area contributed by atoms with Crippen LogP contribution in [0.15, 0.2) is 41.5 Å². The zero-order valence-electron chi connectivity index (χ0n) is 20.8. The molecule has 1 amide bonds. The van der Waals surface area contributed by atoms with E-state index in [0.717, 1.165) is 43.5 Å². The predicted octanol–water partition coefficient (Wildman–Crippen LogP) is 7.19. The molecule has 5 nitrogen and oxygen atoms in total. The van der Waals surface area contributed by atoms with E-state index in [-0.39, 0.29) is 12.2 Å². The maximum Gasteiger partial charge on any atom is 0.419 e. The molecule has 208 valence electrons. The summed E-state index contributed by atoms with van der Waals surface area (Å²) >= 11 is 7.61. The maximum absolute atomic E-state index is 13.2. The molecule has 0 spiro atoms. The van der Waals surface area contributed by atoms with Crippen LogP contribution in [-0.4, -0.2) is 48.8 Å². The number of hydrazone groups is 1. The molecular weight excluding hydrogens is 556 g/mol. The molecule has 38 heavy (non-hydrogen) atoms. The number of carbonyl (C=O) groups excluding carboxylic acids is 1. The van der Waals surface area contributed by atoms with Crippen LogP contribution in [0, 0.1) is 5.41 Å². The Morgan fingerprint density at radius 2 is 1.79 bits per heavy atom. The van der Waals surface area contributed by atoms with E-state index in [0.29, 0.717) is 24.2 Å². The number of rotatable bonds is 9. The lowest BCUT2D eigenvalue weighted by Crippen LogP contribution is -2.35. The number of methoxy groups -OCH3 is 1. The van der Waals surface area contributed by atoms with Crippen LogP contribution in [0.25, 0.3) is 0 Å². The molecule has 1 atom stereocenters. The van der Waals surface area contributed by atoms with Gasteiger partial charge in [0.1, 0.15) is 12.3 Å². The number of benzene rings is 2. The zero-order chi connectivity index (χ0) is 28.3. The monoisotopic (exact) mass is 581 g/mol. The Labute approximate surface area is 225 Å². The van der Waals surface area contributed by atoms with Crippen molar-refractivity contribution in [1.82, 2.24) is 5.01 Å². The van der Waals surface area contributed by atoms with Crippen molar-refractivity contribution in [2.75, 3.05) is 37.5 Å². The predicted molar refractivity (Wildman–Crippen MR) is 137 cm³/mol. The third-order valence-corrected chi connectivity index (χ3v) is 7.10. The molecule has 0 aliphatic carbocycles. The lowest BCUT2D eigenvalue weighted by Gasteiger charge is -2.27. The summed E-state index contributed by atoms with van der Waals surface area (Å²) < 4.78 is 83.7. The number of amides is 1. The quantitative estimate of drug-likeness (QED) is 0.251. The number of hydrogen-bond donors (Lipinski definition) is 1. The molecule has 2 aromatic rings. The van der Waals surface area contributed by atoms with E-state index >= 15 is 0 Å². The normalized spacial score (nSPS) is 17.9. The number of ether oxygens (including phenoxy) is 1. The second-order valence-electron chi connectivity index (χ2n) is 9.08. The Morgan fingerprint density at radius 1 is 1.13 bits per heavy atom. The van der Waals surface area contributed by atoms with Gasteiger partial charge in [0.15, 0.2) is 0 Å². The molecule has 13 heteroatoms. The third-order valence-electron chi connectivity index (χ3n) is 6.09. The van der Waals surface area contributed by atoms with E-state index in [9.17, 15) is 31.1 Å². The number of hydrogen-bond acceptors (Lipinski definition) is 5. The van der Waals surface area contributed by atoms with Crippen molar-refractivity contribution >= 4 is 40.7 Å². The SMILES string of the molecule is COc1cc(NC(=O)CN2CC(C)(CCCSC)C(c3ccc(C(F)(F)F)c(Cl)c3)=N2)ccc1C(F)(F)F. The minimum absolute atomic E-state index is 0.112. The lowest BCUT2D eigenvalue weighted by molar-refractivity contribution is -0.139. The van der Waals surface area contributed by atoms with Gasteiger partial charge in [-0.3, -0.25) is 9.80 Å². The zero-order valence-corrected chi connectivity index (χ0v) is 22.3. The van der Waals surface area contributed by atoms with Gasteiger partial charge in [-0.05, 0) is 54.7 Å². The summed E-state index contributed by atoms with van der Waals surface area (Å²) in [5.74, 6) is -0.0987. The summed E-state index contributed by atoms with van der Waals surface area (Å²) in [6.45, 7) is 2.02. The number of nitrogens with zero attached hydrogens (tertiary/aromatic N) is 2.